The van der Waals surface area contributed by atoms with E-state index in [-0.39, 0.29) is 6.54 Å². The minimum absolute atomic E-state index is 0.00352. The van der Waals surface area contributed by atoms with Gasteiger partial charge in [-0.1, -0.05) is 0 Å². The Morgan fingerprint density at radius 1 is 1.69 bits per heavy atom. The summed E-state index contributed by atoms with van der Waals surface area (Å²) < 4.78 is 12.6. The first-order valence-corrected chi connectivity index (χ1v) is 3.56. The van der Waals surface area contributed by atoms with Crippen LogP contribution in [0.4, 0.5) is 10.2 Å². The van der Waals surface area contributed by atoms with Crippen molar-refractivity contribution >= 4 is 11.7 Å². The van der Waals surface area contributed by atoms with Gasteiger partial charge in [0.05, 0.1) is 6.54 Å². The smallest absolute Gasteiger partial charge is 0.236 e. The molecule has 1 aromatic rings. The van der Waals surface area contributed by atoms with Crippen molar-refractivity contribution in [3.05, 3.63) is 18.3 Å². The van der Waals surface area contributed by atoms with Crippen LogP contribution in [0.2, 0.25) is 0 Å². The molecule has 5 nitrogen and oxygen atoms in total. The van der Waals surface area contributed by atoms with E-state index in [2.05, 4.69) is 9.97 Å². The van der Waals surface area contributed by atoms with Gasteiger partial charge in [-0.25, -0.2) is 9.97 Å². The van der Waals surface area contributed by atoms with Gasteiger partial charge in [0.2, 0.25) is 11.9 Å². The van der Waals surface area contributed by atoms with Crippen molar-refractivity contribution in [2.75, 3.05) is 18.5 Å². The molecule has 13 heavy (non-hydrogen) atoms. The minimum Gasteiger partial charge on any atom is -0.368 e. The molecule has 6 heteroatoms. The summed E-state index contributed by atoms with van der Waals surface area (Å²) in [7, 11) is 1.59. The Hall–Kier alpha value is -1.72. The molecule has 0 spiro atoms. The van der Waals surface area contributed by atoms with E-state index in [1.165, 1.54) is 4.90 Å². The highest BCUT2D eigenvalue weighted by molar-refractivity contribution is 5.78. The number of rotatable bonds is 3. The molecule has 0 unspecified atom stereocenters. The molecule has 0 aliphatic carbocycles. The van der Waals surface area contributed by atoms with Crippen LogP contribution in [-0.2, 0) is 4.79 Å². The van der Waals surface area contributed by atoms with Crippen molar-refractivity contribution in [3.63, 3.8) is 0 Å². The SMILES string of the molecule is CN(CC(N)=O)c1cc(F)ncn1. The number of nitrogens with two attached hydrogens (primary N) is 1. The van der Waals surface area contributed by atoms with Crippen LogP contribution >= 0.6 is 0 Å². The van der Waals surface area contributed by atoms with E-state index >= 15 is 0 Å². The fourth-order valence-corrected chi connectivity index (χ4v) is 0.848. The molecule has 0 saturated heterocycles. The standard InChI is InChI=1S/C7H9FN4O/c1-12(3-6(9)13)7-2-5(8)10-4-11-7/h2,4H,3H2,1H3,(H2,9,13). The van der Waals surface area contributed by atoms with Gasteiger partial charge in [0.15, 0.2) is 0 Å². The van der Waals surface area contributed by atoms with Crippen LogP contribution in [-0.4, -0.2) is 29.5 Å². The van der Waals surface area contributed by atoms with Gasteiger partial charge < -0.3 is 10.6 Å². The summed E-state index contributed by atoms with van der Waals surface area (Å²) in [6.45, 7) is -0.00352. The average Bonchev–Trinajstić information content (AvgIpc) is 2.03. The Morgan fingerprint density at radius 2 is 2.38 bits per heavy atom. The van der Waals surface area contributed by atoms with Gasteiger partial charge in [-0.05, 0) is 0 Å². The van der Waals surface area contributed by atoms with Gasteiger partial charge >= 0.3 is 0 Å². The van der Waals surface area contributed by atoms with E-state index in [1.54, 1.807) is 7.05 Å². The monoisotopic (exact) mass is 184 g/mol. The van der Waals surface area contributed by atoms with Crippen molar-refractivity contribution in [1.29, 1.82) is 0 Å². The first kappa shape index (κ1) is 9.37. The second-order valence-electron chi connectivity index (χ2n) is 2.52. The molecule has 0 aliphatic rings. The summed E-state index contributed by atoms with van der Waals surface area (Å²) >= 11 is 0. The fraction of sp³-hybridized carbons (Fsp3) is 0.286. The van der Waals surface area contributed by atoms with Crippen LogP contribution in [0.25, 0.3) is 0 Å². The van der Waals surface area contributed by atoms with E-state index in [0.717, 1.165) is 12.4 Å². The highest BCUT2D eigenvalue weighted by Gasteiger charge is 2.06. The quantitative estimate of drug-likeness (QED) is 0.645. The van der Waals surface area contributed by atoms with E-state index in [1.807, 2.05) is 0 Å². The number of aromatic nitrogens is 2. The summed E-state index contributed by atoms with van der Waals surface area (Å²) in [4.78, 5) is 19.0. The number of hydrogen-bond acceptors (Lipinski definition) is 4. The fourth-order valence-electron chi connectivity index (χ4n) is 0.848. The summed E-state index contributed by atoms with van der Waals surface area (Å²) in [6, 6.07) is 1.13. The van der Waals surface area contributed by atoms with Crippen molar-refractivity contribution in [2.24, 2.45) is 5.73 Å². The molecule has 1 rings (SSSR count). The molecule has 1 amide bonds. The second-order valence-corrected chi connectivity index (χ2v) is 2.52. The number of anilines is 1. The lowest BCUT2D eigenvalue weighted by Gasteiger charge is -2.14. The predicted molar refractivity (Wildman–Crippen MR) is 44.5 cm³/mol. The summed E-state index contributed by atoms with van der Waals surface area (Å²) in [5, 5.41) is 0. The Balaban J connectivity index is 2.76. The lowest BCUT2D eigenvalue weighted by Crippen LogP contribution is -2.31. The van der Waals surface area contributed by atoms with Crippen molar-refractivity contribution < 1.29 is 9.18 Å². The topological polar surface area (TPSA) is 72.1 Å². The Morgan fingerprint density at radius 3 is 2.92 bits per heavy atom. The number of primary amides is 1. The Kier molecular flexibility index (Phi) is 2.73. The highest BCUT2D eigenvalue weighted by Crippen LogP contribution is 2.06. The zero-order chi connectivity index (χ0) is 9.84. The molecule has 1 heterocycles. The lowest BCUT2D eigenvalue weighted by molar-refractivity contribution is -0.116. The summed E-state index contributed by atoms with van der Waals surface area (Å²) in [5.41, 5.74) is 4.95. The summed E-state index contributed by atoms with van der Waals surface area (Å²) in [6.07, 6.45) is 1.09. The maximum Gasteiger partial charge on any atom is 0.236 e. The third kappa shape index (κ3) is 2.66. The molecule has 0 fully saturated rings. The predicted octanol–water partition coefficient (Wildman–Crippen LogP) is -0.463. The molecule has 0 radical (unpaired) electrons. The molecule has 70 valence electrons. The first-order chi connectivity index (χ1) is 6.09. The molecular weight excluding hydrogens is 175 g/mol. The summed E-state index contributed by atoms with van der Waals surface area (Å²) in [5.74, 6) is -0.811. The molecule has 0 aliphatic heterocycles. The van der Waals surface area contributed by atoms with E-state index in [0.29, 0.717) is 5.82 Å². The van der Waals surface area contributed by atoms with Gasteiger partial charge in [-0.15, -0.1) is 0 Å². The number of amides is 1. The van der Waals surface area contributed by atoms with Crippen molar-refractivity contribution in [3.8, 4) is 0 Å². The molecule has 0 bridgehead atoms. The molecule has 0 aromatic carbocycles. The zero-order valence-corrected chi connectivity index (χ0v) is 7.07. The molecule has 1 aromatic heterocycles. The molecular formula is C7H9FN4O. The number of likely N-dealkylation sites (N-methyl/N-ethyl adjacent to an activating group) is 1. The zero-order valence-electron chi connectivity index (χ0n) is 7.07. The van der Waals surface area contributed by atoms with Crippen molar-refractivity contribution in [1.82, 2.24) is 9.97 Å². The molecule has 2 N–H and O–H groups in total. The largest absolute Gasteiger partial charge is 0.368 e. The van der Waals surface area contributed by atoms with E-state index in [4.69, 9.17) is 5.73 Å². The lowest BCUT2D eigenvalue weighted by atomic mass is 10.5. The van der Waals surface area contributed by atoms with Gasteiger partial charge in [-0.2, -0.15) is 4.39 Å². The van der Waals surface area contributed by atoms with Crippen LogP contribution in [0.15, 0.2) is 12.4 Å². The Bertz CT molecular complexity index is 317. The van der Waals surface area contributed by atoms with Gasteiger partial charge in [0.25, 0.3) is 0 Å². The molecule has 0 atom stereocenters. The highest BCUT2D eigenvalue weighted by atomic mass is 19.1. The van der Waals surface area contributed by atoms with Crippen LogP contribution in [0.5, 0.6) is 0 Å². The number of carbonyl (C=O) groups is 1. The van der Waals surface area contributed by atoms with Crippen LogP contribution < -0.4 is 10.6 Å². The van der Waals surface area contributed by atoms with Crippen LogP contribution in [0.1, 0.15) is 0 Å². The van der Waals surface area contributed by atoms with Crippen molar-refractivity contribution in [2.45, 2.75) is 0 Å². The molecule has 0 saturated carbocycles. The first-order valence-electron chi connectivity index (χ1n) is 3.56. The second kappa shape index (κ2) is 3.79. The Labute approximate surface area is 74.4 Å². The van der Waals surface area contributed by atoms with Gasteiger partial charge in [-0.3, -0.25) is 4.79 Å². The third-order valence-corrected chi connectivity index (χ3v) is 1.40. The van der Waals surface area contributed by atoms with E-state index in [9.17, 15) is 9.18 Å². The third-order valence-electron chi connectivity index (χ3n) is 1.40. The number of hydrogen-bond donors (Lipinski definition) is 1. The number of carbonyl (C=O) groups excluding carboxylic acids is 1. The van der Waals surface area contributed by atoms with Crippen LogP contribution in [0.3, 0.4) is 0 Å². The van der Waals surface area contributed by atoms with E-state index < -0.39 is 11.9 Å². The maximum atomic E-state index is 12.6. The van der Waals surface area contributed by atoms with Gasteiger partial charge in [0.1, 0.15) is 12.1 Å². The number of nitrogens with zero attached hydrogens (tertiary/aromatic N) is 3. The number of halogens is 1. The average molecular weight is 184 g/mol. The normalized spacial score (nSPS) is 9.69. The van der Waals surface area contributed by atoms with Crippen LogP contribution in [0, 0.1) is 5.95 Å². The minimum atomic E-state index is -0.638. The van der Waals surface area contributed by atoms with Gasteiger partial charge in [0, 0.05) is 13.1 Å². The maximum absolute atomic E-state index is 12.6.